The van der Waals surface area contributed by atoms with Gasteiger partial charge in [-0.05, 0) is 18.2 Å². The highest BCUT2D eigenvalue weighted by Gasteiger charge is 2.01. The van der Waals surface area contributed by atoms with Crippen molar-refractivity contribution in [2.24, 2.45) is 0 Å². The molecule has 0 saturated carbocycles. The molecule has 0 atom stereocenters. The zero-order valence-corrected chi connectivity index (χ0v) is 8.78. The fourth-order valence-electron chi connectivity index (χ4n) is 1.04. The molecule has 76 valence electrons. The van der Waals surface area contributed by atoms with Gasteiger partial charge in [0.25, 0.3) is 0 Å². The third kappa shape index (κ3) is 2.63. The topological polar surface area (TPSA) is 48.1 Å². The molecule has 0 amide bonds. The van der Waals surface area contributed by atoms with Gasteiger partial charge in [0, 0.05) is 18.0 Å². The van der Waals surface area contributed by atoms with Gasteiger partial charge in [0.15, 0.2) is 0 Å². The van der Waals surface area contributed by atoms with Gasteiger partial charge in [-0.1, -0.05) is 18.2 Å². The quantitative estimate of drug-likeness (QED) is 0.635. The van der Waals surface area contributed by atoms with Gasteiger partial charge in [0.05, 0.1) is 16.9 Å². The molecule has 0 spiro atoms. The van der Waals surface area contributed by atoms with Gasteiger partial charge >= 0.3 is 0 Å². The molecule has 0 unspecified atom stereocenters. The van der Waals surface area contributed by atoms with E-state index in [1.165, 1.54) is 12.0 Å². The monoisotopic (exact) mass is 218 g/mol. The summed E-state index contributed by atoms with van der Waals surface area (Å²) in [6, 6.07) is 13.1. The van der Waals surface area contributed by atoms with Gasteiger partial charge < -0.3 is 9.92 Å². The fourth-order valence-corrected chi connectivity index (χ4v) is 1.61. The maximum Gasteiger partial charge on any atom is 0.228 e. The van der Waals surface area contributed by atoms with E-state index in [2.05, 4.69) is 4.98 Å². The predicted octanol–water partition coefficient (Wildman–Crippen LogP) is 2.75. The molecule has 0 aliphatic rings. The number of hydrogen-bond donors (Lipinski definition) is 1. The molecule has 0 radical (unpaired) electrons. The first-order chi connectivity index (χ1) is 7.36. The fraction of sp³-hybridized carbons (Fsp3) is 0. The van der Waals surface area contributed by atoms with Crippen LogP contribution >= 0.6 is 12.0 Å². The number of rotatable bonds is 3. The molecule has 0 aliphatic carbocycles. The lowest BCUT2D eigenvalue weighted by Gasteiger charge is -2.04. The number of para-hydroxylation sites is 1. The Kier molecular flexibility index (Phi) is 3.09. The summed E-state index contributed by atoms with van der Waals surface area (Å²) in [5, 5.41) is 0. The molecule has 2 rings (SSSR count). The van der Waals surface area contributed by atoms with Crippen molar-refractivity contribution < 1.29 is 4.18 Å². The van der Waals surface area contributed by atoms with Crippen molar-refractivity contribution in [3.05, 3.63) is 48.7 Å². The Hall–Kier alpha value is -1.68. The smallest absolute Gasteiger partial charge is 0.228 e. The highest BCUT2D eigenvalue weighted by Crippen LogP contribution is 2.26. The summed E-state index contributed by atoms with van der Waals surface area (Å²) in [5.41, 5.74) is 6.47. The maximum atomic E-state index is 5.76. The van der Waals surface area contributed by atoms with Gasteiger partial charge in [-0.15, -0.1) is 0 Å². The van der Waals surface area contributed by atoms with E-state index in [1.54, 1.807) is 12.3 Å². The second-order valence-electron chi connectivity index (χ2n) is 2.87. The number of benzene rings is 1. The number of nitrogen functional groups attached to an aromatic ring is 1. The van der Waals surface area contributed by atoms with Crippen LogP contribution in [-0.2, 0) is 0 Å². The van der Waals surface area contributed by atoms with Gasteiger partial charge in [0.1, 0.15) is 0 Å². The van der Waals surface area contributed by atoms with Crippen LogP contribution in [0.5, 0.6) is 5.88 Å². The average molecular weight is 218 g/mol. The molecule has 0 saturated heterocycles. The van der Waals surface area contributed by atoms with Crippen LogP contribution in [0.15, 0.2) is 53.6 Å². The SMILES string of the molecule is Nc1ccccc1SOc1ccccn1. The lowest BCUT2D eigenvalue weighted by atomic mass is 10.3. The number of nitrogens with zero attached hydrogens (tertiary/aromatic N) is 1. The molecule has 3 nitrogen and oxygen atoms in total. The predicted molar refractivity (Wildman–Crippen MR) is 61.6 cm³/mol. The number of pyridine rings is 1. The summed E-state index contributed by atoms with van der Waals surface area (Å²) >= 11 is 1.21. The molecule has 1 aromatic carbocycles. The Labute approximate surface area is 92.5 Å². The molecule has 2 aromatic rings. The van der Waals surface area contributed by atoms with Crippen molar-refractivity contribution in [2.45, 2.75) is 4.90 Å². The third-order valence-electron chi connectivity index (χ3n) is 1.77. The molecule has 0 aliphatic heterocycles. The van der Waals surface area contributed by atoms with Crippen molar-refractivity contribution in [3.63, 3.8) is 0 Å². The zero-order valence-electron chi connectivity index (χ0n) is 7.96. The van der Waals surface area contributed by atoms with Gasteiger partial charge in [-0.25, -0.2) is 4.98 Å². The highest BCUT2D eigenvalue weighted by atomic mass is 32.2. The lowest BCUT2D eigenvalue weighted by molar-refractivity contribution is 0.616. The first kappa shape index (κ1) is 9.86. The molecule has 1 heterocycles. The number of anilines is 1. The van der Waals surface area contributed by atoms with Gasteiger partial charge in [0.2, 0.25) is 5.88 Å². The summed E-state index contributed by atoms with van der Waals surface area (Å²) in [6.45, 7) is 0. The zero-order chi connectivity index (χ0) is 10.5. The van der Waals surface area contributed by atoms with E-state index < -0.39 is 0 Å². The second kappa shape index (κ2) is 4.70. The molecule has 15 heavy (non-hydrogen) atoms. The molecular formula is C11H10N2OS. The van der Waals surface area contributed by atoms with Crippen LogP contribution in [0, 0.1) is 0 Å². The van der Waals surface area contributed by atoms with Gasteiger partial charge in [-0.3, -0.25) is 0 Å². The minimum Gasteiger partial charge on any atom is -0.401 e. The number of aromatic nitrogens is 1. The summed E-state index contributed by atoms with van der Waals surface area (Å²) < 4.78 is 5.40. The van der Waals surface area contributed by atoms with E-state index in [4.69, 9.17) is 9.92 Å². The summed E-state index contributed by atoms with van der Waals surface area (Å²) in [5.74, 6) is 0.575. The Morgan fingerprint density at radius 2 is 1.87 bits per heavy atom. The van der Waals surface area contributed by atoms with E-state index in [9.17, 15) is 0 Å². The van der Waals surface area contributed by atoms with Crippen molar-refractivity contribution >= 4 is 17.7 Å². The largest absolute Gasteiger partial charge is 0.401 e. The van der Waals surface area contributed by atoms with Crippen LogP contribution < -0.4 is 9.92 Å². The molecule has 0 fully saturated rings. The first-order valence-electron chi connectivity index (χ1n) is 4.46. The van der Waals surface area contributed by atoms with Crippen molar-refractivity contribution in [3.8, 4) is 5.88 Å². The van der Waals surface area contributed by atoms with Crippen LogP contribution in [0.3, 0.4) is 0 Å². The lowest BCUT2D eigenvalue weighted by Crippen LogP contribution is -1.90. The standard InChI is InChI=1S/C11H10N2OS/c12-9-5-1-2-6-10(9)15-14-11-7-3-4-8-13-11/h1-8H,12H2. The van der Waals surface area contributed by atoms with E-state index >= 15 is 0 Å². The number of hydrogen-bond acceptors (Lipinski definition) is 4. The molecule has 0 bridgehead atoms. The van der Waals surface area contributed by atoms with Crippen LogP contribution in [0.4, 0.5) is 5.69 Å². The minimum absolute atomic E-state index is 0.575. The Balaban J connectivity index is 2.03. The molecule has 4 heteroatoms. The summed E-state index contributed by atoms with van der Waals surface area (Å²) in [7, 11) is 0. The summed E-state index contributed by atoms with van der Waals surface area (Å²) in [4.78, 5) is 4.93. The second-order valence-corrected chi connectivity index (χ2v) is 3.65. The van der Waals surface area contributed by atoms with Crippen LogP contribution in [0.1, 0.15) is 0 Å². The van der Waals surface area contributed by atoms with Crippen molar-refractivity contribution in [2.75, 3.05) is 5.73 Å². The molecule has 2 N–H and O–H groups in total. The van der Waals surface area contributed by atoms with Crippen molar-refractivity contribution in [1.29, 1.82) is 0 Å². The van der Waals surface area contributed by atoms with E-state index in [1.807, 2.05) is 36.4 Å². The van der Waals surface area contributed by atoms with Crippen LogP contribution in [0.25, 0.3) is 0 Å². The number of nitrogens with two attached hydrogens (primary N) is 1. The Morgan fingerprint density at radius 1 is 1.07 bits per heavy atom. The Bertz CT molecular complexity index is 434. The van der Waals surface area contributed by atoms with Crippen molar-refractivity contribution in [1.82, 2.24) is 4.98 Å². The van der Waals surface area contributed by atoms with Crippen LogP contribution in [-0.4, -0.2) is 4.98 Å². The normalized spacial score (nSPS) is 9.87. The molecular weight excluding hydrogens is 208 g/mol. The maximum absolute atomic E-state index is 5.76. The van der Waals surface area contributed by atoms with E-state index in [0.29, 0.717) is 11.6 Å². The first-order valence-corrected chi connectivity index (χ1v) is 5.20. The Morgan fingerprint density at radius 3 is 2.60 bits per heavy atom. The van der Waals surface area contributed by atoms with E-state index in [0.717, 1.165) is 4.90 Å². The average Bonchev–Trinajstić information content (AvgIpc) is 2.29. The molecule has 1 aromatic heterocycles. The van der Waals surface area contributed by atoms with Gasteiger partial charge in [-0.2, -0.15) is 0 Å². The van der Waals surface area contributed by atoms with E-state index in [-0.39, 0.29) is 0 Å². The summed E-state index contributed by atoms with van der Waals surface area (Å²) in [6.07, 6.45) is 1.68. The van der Waals surface area contributed by atoms with Crippen LogP contribution in [0.2, 0.25) is 0 Å². The minimum atomic E-state index is 0.575. The highest BCUT2D eigenvalue weighted by molar-refractivity contribution is 7.95. The third-order valence-corrected chi connectivity index (χ3v) is 2.58.